The van der Waals surface area contributed by atoms with Crippen molar-refractivity contribution in [3.8, 4) is 0 Å². The lowest BCUT2D eigenvalue weighted by molar-refractivity contribution is -0.184. The molecule has 1 aliphatic heterocycles. The zero-order valence-electron chi connectivity index (χ0n) is 10.4. The fourth-order valence-corrected chi connectivity index (χ4v) is 3.17. The summed E-state index contributed by atoms with van der Waals surface area (Å²) in [5, 5.41) is 0. The van der Waals surface area contributed by atoms with Crippen LogP contribution in [0.1, 0.15) is 23.2 Å². The average Bonchev–Trinajstić information content (AvgIpc) is 2.40. The summed E-state index contributed by atoms with van der Waals surface area (Å²) < 4.78 is 39.8. The molecule has 2 rings (SSSR count). The Kier molecular flexibility index (Phi) is 4.99. The SMILES string of the molecule is O=C(c1cc(I)ccc1Br)N1CCCC(C(F)(F)F)C1. The number of nitrogens with zero attached hydrogens (tertiary/aromatic N) is 1. The Morgan fingerprint density at radius 2 is 2.10 bits per heavy atom. The Morgan fingerprint density at radius 3 is 2.75 bits per heavy atom. The van der Waals surface area contributed by atoms with Gasteiger partial charge >= 0.3 is 6.18 Å². The lowest BCUT2D eigenvalue weighted by atomic mass is 9.97. The van der Waals surface area contributed by atoms with E-state index in [1.807, 2.05) is 6.07 Å². The van der Waals surface area contributed by atoms with Crippen LogP contribution >= 0.6 is 38.5 Å². The molecule has 0 N–H and O–H groups in total. The lowest BCUT2D eigenvalue weighted by Gasteiger charge is -2.34. The maximum Gasteiger partial charge on any atom is 0.393 e. The van der Waals surface area contributed by atoms with Gasteiger partial charge in [-0.15, -0.1) is 0 Å². The minimum Gasteiger partial charge on any atom is -0.338 e. The summed E-state index contributed by atoms with van der Waals surface area (Å²) in [5.41, 5.74) is 0.416. The maximum atomic E-state index is 12.8. The number of carbonyl (C=O) groups is 1. The van der Waals surface area contributed by atoms with Crippen molar-refractivity contribution in [3.63, 3.8) is 0 Å². The van der Waals surface area contributed by atoms with Crippen LogP contribution in [0.25, 0.3) is 0 Å². The molecular weight excluding hydrogens is 450 g/mol. The number of hydrogen-bond donors (Lipinski definition) is 0. The van der Waals surface area contributed by atoms with Gasteiger partial charge in [0, 0.05) is 21.1 Å². The second-order valence-corrected chi connectivity index (χ2v) is 6.86. The van der Waals surface area contributed by atoms with Crippen LogP contribution < -0.4 is 0 Å². The first kappa shape index (κ1) is 16.1. The van der Waals surface area contributed by atoms with Crippen LogP contribution in [-0.2, 0) is 0 Å². The van der Waals surface area contributed by atoms with E-state index in [0.29, 0.717) is 23.0 Å². The first-order valence-electron chi connectivity index (χ1n) is 6.10. The van der Waals surface area contributed by atoms with E-state index >= 15 is 0 Å². The van der Waals surface area contributed by atoms with Crippen LogP contribution in [0.15, 0.2) is 22.7 Å². The van der Waals surface area contributed by atoms with Crippen LogP contribution in [0.3, 0.4) is 0 Å². The van der Waals surface area contributed by atoms with E-state index in [2.05, 4.69) is 38.5 Å². The van der Waals surface area contributed by atoms with E-state index in [4.69, 9.17) is 0 Å². The van der Waals surface area contributed by atoms with Crippen molar-refractivity contribution < 1.29 is 18.0 Å². The number of likely N-dealkylation sites (tertiary alicyclic amines) is 1. The zero-order valence-corrected chi connectivity index (χ0v) is 14.1. The highest BCUT2D eigenvalue weighted by Gasteiger charge is 2.42. The van der Waals surface area contributed by atoms with Crippen molar-refractivity contribution in [3.05, 3.63) is 31.8 Å². The summed E-state index contributed by atoms with van der Waals surface area (Å²) in [6.45, 7) is 0.129. The van der Waals surface area contributed by atoms with E-state index < -0.39 is 12.1 Å². The van der Waals surface area contributed by atoms with Gasteiger partial charge < -0.3 is 4.90 Å². The summed E-state index contributed by atoms with van der Waals surface area (Å²) in [5.74, 6) is -1.76. The first-order valence-corrected chi connectivity index (χ1v) is 7.97. The van der Waals surface area contributed by atoms with Gasteiger partial charge in [0.1, 0.15) is 0 Å². The van der Waals surface area contributed by atoms with Crippen molar-refractivity contribution in [2.75, 3.05) is 13.1 Å². The van der Waals surface area contributed by atoms with Gasteiger partial charge in [0.25, 0.3) is 5.91 Å². The number of rotatable bonds is 1. The van der Waals surface area contributed by atoms with Gasteiger partial charge in [-0.2, -0.15) is 13.2 Å². The van der Waals surface area contributed by atoms with E-state index in [1.54, 1.807) is 12.1 Å². The average molecular weight is 462 g/mol. The molecule has 0 saturated carbocycles. The van der Waals surface area contributed by atoms with Gasteiger partial charge in [-0.05, 0) is 69.6 Å². The summed E-state index contributed by atoms with van der Waals surface area (Å²) >= 11 is 5.35. The second kappa shape index (κ2) is 6.21. The molecule has 0 bridgehead atoms. The fourth-order valence-electron chi connectivity index (χ4n) is 2.26. The van der Waals surface area contributed by atoms with Crippen LogP contribution in [-0.4, -0.2) is 30.1 Å². The minimum absolute atomic E-state index is 0.0980. The molecule has 1 fully saturated rings. The number of carbonyl (C=O) groups excluding carboxylic acids is 1. The molecule has 0 spiro atoms. The van der Waals surface area contributed by atoms with Gasteiger partial charge in [-0.25, -0.2) is 0 Å². The molecule has 1 saturated heterocycles. The van der Waals surface area contributed by atoms with Crippen molar-refractivity contribution in [2.45, 2.75) is 19.0 Å². The monoisotopic (exact) mass is 461 g/mol. The van der Waals surface area contributed by atoms with Crippen molar-refractivity contribution in [1.82, 2.24) is 4.90 Å². The molecule has 7 heteroatoms. The third-order valence-electron chi connectivity index (χ3n) is 3.33. The molecular formula is C13H12BrF3INO. The molecule has 2 nitrogen and oxygen atoms in total. The summed E-state index contributed by atoms with van der Waals surface area (Å²) in [7, 11) is 0. The Hall–Kier alpha value is -0.310. The Bertz CT molecular complexity index is 521. The third-order valence-corrected chi connectivity index (χ3v) is 4.69. The highest BCUT2D eigenvalue weighted by molar-refractivity contribution is 14.1. The van der Waals surface area contributed by atoms with Gasteiger partial charge in [-0.3, -0.25) is 4.79 Å². The maximum absolute atomic E-state index is 12.8. The standard InChI is InChI=1S/C13H12BrF3INO/c14-11-4-3-9(18)6-10(11)12(20)19-5-1-2-8(7-19)13(15,16)17/h3-4,6,8H,1-2,5,7H2. The molecule has 1 aromatic rings. The van der Waals surface area contributed by atoms with Crippen LogP contribution in [0.4, 0.5) is 13.2 Å². The Labute approximate surface area is 137 Å². The normalized spacial score (nSPS) is 20.1. The number of benzene rings is 1. The van der Waals surface area contributed by atoms with Crippen molar-refractivity contribution in [2.24, 2.45) is 5.92 Å². The molecule has 110 valence electrons. The lowest BCUT2D eigenvalue weighted by Crippen LogP contribution is -2.44. The quantitative estimate of drug-likeness (QED) is 0.565. The molecule has 0 radical (unpaired) electrons. The topological polar surface area (TPSA) is 20.3 Å². The van der Waals surface area contributed by atoms with Gasteiger partial charge in [0.05, 0.1) is 11.5 Å². The third kappa shape index (κ3) is 3.66. The van der Waals surface area contributed by atoms with E-state index in [-0.39, 0.29) is 18.9 Å². The van der Waals surface area contributed by atoms with Crippen LogP contribution in [0, 0.1) is 9.49 Å². The van der Waals surface area contributed by atoms with E-state index in [1.165, 1.54) is 4.90 Å². The molecule has 1 unspecified atom stereocenters. The van der Waals surface area contributed by atoms with Crippen molar-refractivity contribution >= 4 is 44.4 Å². The van der Waals surface area contributed by atoms with E-state index in [9.17, 15) is 18.0 Å². The first-order chi connectivity index (χ1) is 9.29. The fraction of sp³-hybridized carbons (Fsp3) is 0.462. The largest absolute Gasteiger partial charge is 0.393 e. The second-order valence-electron chi connectivity index (χ2n) is 4.76. The van der Waals surface area contributed by atoms with Gasteiger partial charge in [-0.1, -0.05) is 0 Å². The number of amides is 1. The van der Waals surface area contributed by atoms with Crippen molar-refractivity contribution in [1.29, 1.82) is 0 Å². The number of halogens is 5. The Morgan fingerprint density at radius 1 is 1.40 bits per heavy atom. The smallest absolute Gasteiger partial charge is 0.338 e. The number of alkyl halides is 3. The molecule has 1 amide bonds. The number of hydrogen-bond acceptors (Lipinski definition) is 1. The van der Waals surface area contributed by atoms with Gasteiger partial charge in [0.15, 0.2) is 0 Å². The predicted molar refractivity (Wildman–Crippen MR) is 81.5 cm³/mol. The molecule has 1 heterocycles. The Balaban J connectivity index is 2.18. The number of piperidine rings is 1. The molecule has 1 atom stereocenters. The molecule has 1 aromatic carbocycles. The zero-order chi connectivity index (χ0) is 14.9. The van der Waals surface area contributed by atoms with Gasteiger partial charge in [0.2, 0.25) is 0 Å². The van der Waals surface area contributed by atoms with E-state index in [0.717, 1.165) is 3.57 Å². The highest BCUT2D eigenvalue weighted by atomic mass is 127. The predicted octanol–water partition coefficient (Wildman–Crippen LogP) is 4.47. The van der Waals surface area contributed by atoms with Crippen LogP contribution in [0.2, 0.25) is 0 Å². The highest BCUT2D eigenvalue weighted by Crippen LogP contribution is 2.34. The summed E-state index contributed by atoms with van der Waals surface area (Å²) in [6.07, 6.45) is -3.75. The molecule has 20 heavy (non-hydrogen) atoms. The molecule has 0 aliphatic carbocycles. The van der Waals surface area contributed by atoms with Crippen LogP contribution in [0.5, 0.6) is 0 Å². The summed E-state index contributed by atoms with van der Waals surface area (Å²) in [6, 6.07) is 5.25. The summed E-state index contributed by atoms with van der Waals surface area (Å²) in [4.78, 5) is 13.7. The molecule has 1 aliphatic rings. The minimum atomic E-state index is -4.23. The molecule has 0 aromatic heterocycles.